The first-order valence-corrected chi connectivity index (χ1v) is 8.35. The van der Waals surface area contributed by atoms with E-state index in [1.807, 2.05) is 6.92 Å². The van der Waals surface area contributed by atoms with Gasteiger partial charge in [-0.25, -0.2) is 13.4 Å². The van der Waals surface area contributed by atoms with E-state index < -0.39 is 21.8 Å². The van der Waals surface area contributed by atoms with Gasteiger partial charge in [0.25, 0.3) is 10.0 Å². The number of alkyl halides is 3. The number of nitrogens with one attached hydrogen (secondary N) is 1. The summed E-state index contributed by atoms with van der Waals surface area (Å²) in [5.41, 5.74) is 0.0727. The molecule has 1 heterocycles. The van der Waals surface area contributed by atoms with Crippen LogP contribution in [0.2, 0.25) is 0 Å². The maximum absolute atomic E-state index is 12.4. The van der Waals surface area contributed by atoms with Gasteiger partial charge in [0.1, 0.15) is 5.82 Å². The molecule has 1 N–H and O–H groups in total. The van der Waals surface area contributed by atoms with Gasteiger partial charge in [-0.05, 0) is 36.2 Å². The third kappa shape index (κ3) is 4.44. The minimum atomic E-state index is -4.51. The summed E-state index contributed by atoms with van der Waals surface area (Å²) in [7, 11) is -3.89. The first-order chi connectivity index (χ1) is 10.7. The number of aryl methyl sites for hydroxylation is 1. The first kappa shape index (κ1) is 17.3. The lowest BCUT2D eigenvalue weighted by atomic mass is 10.1. The van der Waals surface area contributed by atoms with Gasteiger partial charge in [-0.1, -0.05) is 25.5 Å². The quantitative estimate of drug-likeness (QED) is 0.896. The Kier molecular flexibility index (Phi) is 4.93. The molecule has 0 saturated carbocycles. The van der Waals surface area contributed by atoms with E-state index in [9.17, 15) is 21.6 Å². The Hall–Kier alpha value is -2.09. The van der Waals surface area contributed by atoms with Gasteiger partial charge in [0, 0.05) is 6.20 Å². The van der Waals surface area contributed by atoms with Crippen LogP contribution in [0, 0.1) is 0 Å². The molecule has 4 nitrogen and oxygen atoms in total. The molecule has 124 valence electrons. The van der Waals surface area contributed by atoms with Crippen molar-refractivity contribution in [3.05, 3.63) is 53.7 Å². The summed E-state index contributed by atoms with van der Waals surface area (Å²) in [5.74, 6) is -0.171. The number of hydrogen-bond donors (Lipinski definition) is 1. The molecule has 1 aromatic carbocycles. The van der Waals surface area contributed by atoms with Crippen LogP contribution in [0.1, 0.15) is 24.5 Å². The van der Waals surface area contributed by atoms with Crippen LogP contribution in [0.5, 0.6) is 0 Å². The second-order valence-electron chi connectivity index (χ2n) is 4.93. The summed E-state index contributed by atoms with van der Waals surface area (Å²) in [6.07, 6.45) is -2.14. The van der Waals surface area contributed by atoms with E-state index in [4.69, 9.17) is 0 Å². The molecular formula is C15H15F3N2O2S. The molecule has 2 aromatic rings. The molecule has 0 radical (unpaired) electrons. The van der Waals surface area contributed by atoms with E-state index in [1.54, 1.807) is 12.1 Å². The van der Waals surface area contributed by atoms with Crippen molar-refractivity contribution in [2.24, 2.45) is 0 Å². The Bertz CT molecular complexity index is 755. The summed E-state index contributed by atoms with van der Waals surface area (Å²) in [5, 5.41) is 0. The lowest BCUT2D eigenvalue weighted by molar-refractivity contribution is -0.137. The minimum absolute atomic E-state index is 0.0269. The van der Waals surface area contributed by atoms with Gasteiger partial charge in [0.05, 0.1) is 10.5 Å². The number of sulfonamides is 1. The third-order valence-electron chi connectivity index (χ3n) is 3.10. The SMILES string of the molecule is CCCc1ccc(S(=O)(=O)Nc2ccc(C(F)(F)F)cn2)cc1. The van der Waals surface area contributed by atoms with Crippen molar-refractivity contribution in [3.63, 3.8) is 0 Å². The summed E-state index contributed by atoms with van der Waals surface area (Å²) in [4.78, 5) is 3.52. The predicted molar refractivity (Wildman–Crippen MR) is 80.5 cm³/mol. The standard InChI is InChI=1S/C15H15F3N2O2S/c1-2-3-11-4-7-13(8-5-11)23(21,22)20-14-9-6-12(10-19-14)15(16,17)18/h4-10H,2-3H2,1H3,(H,19,20). The van der Waals surface area contributed by atoms with Gasteiger partial charge in [-0.3, -0.25) is 4.72 Å². The van der Waals surface area contributed by atoms with Crippen molar-refractivity contribution in [1.82, 2.24) is 4.98 Å². The topological polar surface area (TPSA) is 59.1 Å². The van der Waals surface area contributed by atoms with Gasteiger partial charge < -0.3 is 0 Å². The Morgan fingerprint density at radius 1 is 1.09 bits per heavy atom. The fourth-order valence-corrected chi connectivity index (χ4v) is 2.95. The molecule has 0 unspecified atom stereocenters. The summed E-state index contributed by atoms with van der Waals surface area (Å²) >= 11 is 0. The number of halogens is 3. The number of anilines is 1. The molecular weight excluding hydrogens is 329 g/mol. The Morgan fingerprint density at radius 3 is 2.22 bits per heavy atom. The molecule has 2 rings (SSSR count). The van der Waals surface area contributed by atoms with E-state index in [0.717, 1.165) is 30.5 Å². The zero-order valence-electron chi connectivity index (χ0n) is 12.3. The molecule has 1 aromatic heterocycles. The number of nitrogens with zero attached hydrogens (tertiary/aromatic N) is 1. The van der Waals surface area contributed by atoms with E-state index >= 15 is 0 Å². The van der Waals surface area contributed by atoms with Gasteiger partial charge >= 0.3 is 6.18 Å². The monoisotopic (exact) mass is 344 g/mol. The van der Waals surface area contributed by atoms with Crippen LogP contribution in [-0.4, -0.2) is 13.4 Å². The first-order valence-electron chi connectivity index (χ1n) is 6.87. The van der Waals surface area contributed by atoms with E-state index in [-0.39, 0.29) is 10.7 Å². The number of hydrogen-bond acceptors (Lipinski definition) is 3. The van der Waals surface area contributed by atoms with E-state index in [2.05, 4.69) is 9.71 Å². The molecule has 0 fully saturated rings. The van der Waals surface area contributed by atoms with Crippen molar-refractivity contribution < 1.29 is 21.6 Å². The highest BCUT2D eigenvalue weighted by Crippen LogP contribution is 2.29. The Balaban J connectivity index is 2.17. The van der Waals surface area contributed by atoms with Crippen LogP contribution in [0.3, 0.4) is 0 Å². The fraction of sp³-hybridized carbons (Fsp3) is 0.267. The van der Waals surface area contributed by atoms with Gasteiger partial charge in [0.2, 0.25) is 0 Å². The average Bonchev–Trinajstić information content (AvgIpc) is 2.47. The largest absolute Gasteiger partial charge is 0.417 e. The maximum atomic E-state index is 12.4. The second kappa shape index (κ2) is 6.57. The molecule has 0 spiro atoms. The molecule has 0 bridgehead atoms. The number of rotatable bonds is 5. The molecule has 8 heteroatoms. The van der Waals surface area contributed by atoms with E-state index in [1.165, 1.54) is 12.1 Å². The maximum Gasteiger partial charge on any atom is 0.417 e. The van der Waals surface area contributed by atoms with Crippen molar-refractivity contribution in [2.45, 2.75) is 30.8 Å². The van der Waals surface area contributed by atoms with Crippen LogP contribution in [0.4, 0.5) is 19.0 Å². The normalized spacial score (nSPS) is 12.2. The van der Waals surface area contributed by atoms with Gasteiger partial charge in [-0.2, -0.15) is 13.2 Å². The van der Waals surface area contributed by atoms with Crippen LogP contribution < -0.4 is 4.72 Å². The van der Waals surface area contributed by atoms with Crippen LogP contribution in [-0.2, 0) is 22.6 Å². The predicted octanol–water partition coefficient (Wildman–Crippen LogP) is 3.85. The van der Waals surface area contributed by atoms with Crippen LogP contribution in [0.25, 0.3) is 0 Å². The zero-order chi connectivity index (χ0) is 17.1. The van der Waals surface area contributed by atoms with Crippen molar-refractivity contribution in [2.75, 3.05) is 4.72 Å². The van der Waals surface area contributed by atoms with E-state index in [0.29, 0.717) is 6.20 Å². The van der Waals surface area contributed by atoms with Crippen molar-refractivity contribution in [3.8, 4) is 0 Å². The van der Waals surface area contributed by atoms with Crippen LogP contribution in [0.15, 0.2) is 47.5 Å². The van der Waals surface area contributed by atoms with Crippen LogP contribution >= 0.6 is 0 Å². The lowest BCUT2D eigenvalue weighted by Gasteiger charge is -2.10. The molecule has 0 aliphatic carbocycles. The molecule has 0 atom stereocenters. The average molecular weight is 344 g/mol. The third-order valence-corrected chi connectivity index (χ3v) is 4.47. The molecule has 0 aliphatic heterocycles. The minimum Gasteiger partial charge on any atom is -0.263 e. The number of benzene rings is 1. The summed E-state index contributed by atoms with van der Waals surface area (Å²) in [6, 6.07) is 8.08. The highest BCUT2D eigenvalue weighted by Gasteiger charge is 2.30. The van der Waals surface area contributed by atoms with Crippen molar-refractivity contribution in [1.29, 1.82) is 0 Å². The zero-order valence-corrected chi connectivity index (χ0v) is 13.1. The summed E-state index contributed by atoms with van der Waals surface area (Å²) in [6.45, 7) is 2.02. The Morgan fingerprint density at radius 2 is 1.74 bits per heavy atom. The fourth-order valence-electron chi connectivity index (χ4n) is 1.94. The summed E-state index contributed by atoms with van der Waals surface area (Å²) < 4.78 is 63.9. The number of pyridine rings is 1. The molecule has 0 saturated heterocycles. The second-order valence-corrected chi connectivity index (χ2v) is 6.61. The van der Waals surface area contributed by atoms with Gasteiger partial charge in [0.15, 0.2) is 0 Å². The highest BCUT2D eigenvalue weighted by molar-refractivity contribution is 7.92. The smallest absolute Gasteiger partial charge is 0.263 e. The lowest BCUT2D eigenvalue weighted by Crippen LogP contribution is -2.14. The van der Waals surface area contributed by atoms with Crippen molar-refractivity contribution >= 4 is 15.8 Å². The molecule has 23 heavy (non-hydrogen) atoms. The molecule has 0 aliphatic rings. The molecule has 0 amide bonds. The number of aromatic nitrogens is 1. The van der Waals surface area contributed by atoms with Gasteiger partial charge in [-0.15, -0.1) is 0 Å². The highest BCUT2D eigenvalue weighted by atomic mass is 32.2. The Labute approximate surface area is 132 Å².